The Labute approximate surface area is 134 Å². The molecule has 1 aromatic heterocycles. The Bertz CT molecular complexity index is 976. The lowest BCUT2D eigenvalue weighted by molar-refractivity contribution is 1.02. The number of hydrogen-bond acceptors (Lipinski definition) is 2. The highest BCUT2D eigenvalue weighted by molar-refractivity contribution is 5.91. The Morgan fingerprint density at radius 2 is 1.48 bits per heavy atom. The Kier molecular flexibility index (Phi) is 3.57. The molecule has 4 rings (SSSR count). The van der Waals surface area contributed by atoms with Crippen LogP contribution in [0.4, 0.5) is 0 Å². The van der Waals surface area contributed by atoms with Gasteiger partial charge in [-0.05, 0) is 29.1 Å². The first kappa shape index (κ1) is 13.6. The van der Waals surface area contributed by atoms with Gasteiger partial charge in [-0.25, -0.2) is 0 Å². The SMILES string of the molecule is c1ccc(CN=c2c3ccccc3ccc3ncccc23)cc1. The van der Waals surface area contributed by atoms with Gasteiger partial charge < -0.3 is 0 Å². The predicted molar refractivity (Wildman–Crippen MR) is 95.0 cm³/mol. The quantitative estimate of drug-likeness (QED) is 0.535. The maximum absolute atomic E-state index is 4.93. The van der Waals surface area contributed by atoms with E-state index in [-0.39, 0.29) is 0 Å². The summed E-state index contributed by atoms with van der Waals surface area (Å²) < 4.78 is 0. The van der Waals surface area contributed by atoms with Gasteiger partial charge in [0.1, 0.15) is 0 Å². The molecule has 0 atom stereocenters. The van der Waals surface area contributed by atoms with Crippen molar-refractivity contribution >= 4 is 21.7 Å². The number of fused-ring (bicyclic) bond motifs is 2. The van der Waals surface area contributed by atoms with Crippen molar-refractivity contribution in [1.29, 1.82) is 0 Å². The molecular weight excluding hydrogens is 280 g/mol. The molecule has 23 heavy (non-hydrogen) atoms. The Morgan fingerprint density at radius 1 is 0.696 bits per heavy atom. The van der Waals surface area contributed by atoms with Gasteiger partial charge in [-0.15, -0.1) is 0 Å². The van der Waals surface area contributed by atoms with Crippen LogP contribution in [0.1, 0.15) is 5.56 Å². The molecular formula is C21H16N2. The molecule has 0 spiro atoms. The third-order valence-corrected chi connectivity index (χ3v) is 3.99. The van der Waals surface area contributed by atoms with Gasteiger partial charge in [0.15, 0.2) is 0 Å². The van der Waals surface area contributed by atoms with E-state index in [1.165, 1.54) is 10.9 Å². The Balaban J connectivity index is 2.05. The van der Waals surface area contributed by atoms with Crippen molar-refractivity contribution < 1.29 is 0 Å². The average molecular weight is 296 g/mol. The highest BCUT2D eigenvalue weighted by atomic mass is 14.7. The minimum atomic E-state index is 0.666. The summed E-state index contributed by atoms with van der Waals surface area (Å²) in [7, 11) is 0. The van der Waals surface area contributed by atoms with Crippen molar-refractivity contribution in [3.8, 4) is 0 Å². The third kappa shape index (κ3) is 2.71. The molecule has 0 amide bonds. The number of aromatic nitrogens is 1. The molecule has 0 unspecified atom stereocenters. The summed E-state index contributed by atoms with van der Waals surface area (Å²) in [6.07, 6.45) is 1.83. The van der Waals surface area contributed by atoms with E-state index in [2.05, 4.69) is 59.6 Å². The highest BCUT2D eigenvalue weighted by Gasteiger charge is 2.01. The average Bonchev–Trinajstić information content (AvgIpc) is 2.78. The number of hydrogen-bond donors (Lipinski definition) is 0. The van der Waals surface area contributed by atoms with E-state index in [1.54, 1.807) is 0 Å². The molecule has 0 fully saturated rings. The van der Waals surface area contributed by atoms with Gasteiger partial charge in [-0.3, -0.25) is 9.98 Å². The maximum atomic E-state index is 4.93. The van der Waals surface area contributed by atoms with Crippen LogP contribution in [-0.2, 0) is 6.54 Å². The van der Waals surface area contributed by atoms with Crippen LogP contribution in [0, 0.1) is 0 Å². The standard InChI is InChI=1S/C21H16N2/c1-2-7-16(8-3-1)15-23-21-18-10-5-4-9-17(18)12-13-20-19(21)11-6-14-22-20/h1-14H,15H2. The van der Waals surface area contributed by atoms with Crippen LogP contribution in [-0.4, -0.2) is 4.98 Å². The third-order valence-electron chi connectivity index (χ3n) is 3.99. The number of rotatable bonds is 2. The van der Waals surface area contributed by atoms with Gasteiger partial charge in [0.2, 0.25) is 0 Å². The van der Waals surface area contributed by atoms with Gasteiger partial charge >= 0.3 is 0 Å². The van der Waals surface area contributed by atoms with Gasteiger partial charge in [-0.1, -0.05) is 60.7 Å². The fourth-order valence-corrected chi connectivity index (χ4v) is 2.85. The van der Waals surface area contributed by atoms with Crippen molar-refractivity contribution in [3.63, 3.8) is 0 Å². The summed E-state index contributed by atoms with van der Waals surface area (Å²) in [5.41, 5.74) is 2.18. The van der Waals surface area contributed by atoms with Crippen LogP contribution in [0.2, 0.25) is 0 Å². The lowest BCUT2D eigenvalue weighted by atomic mass is 10.1. The van der Waals surface area contributed by atoms with E-state index < -0.39 is 0 Å². The minimum absolute atomic E-state index is 0.666. The summed E-state index contributed by atoms with van der Waals surface area (Å²) in [5, 5.41) is 4.44. The van der Waals surface area contributed by atoms with Crippen molar-refractivity contribution in [1.82, 2.24) is 4.98 Å². The fraction of sp³-hybridized carbons (Fsp3) is 0.0476. The molecule has 0 N–H and O–H groups in total. The van der Waals surface area contributed by atoms with Crippen molar-refractivity contribution in [3.05, 3.63) is 96.0 Å². The molecule has 3 aromatic carbocycles. The molecule has 0 saturated carbocycles. The van der Waals surface area contributed by atoms with Crippen LogP contribution in [0.15, 0.2) is 90.1 Å². The Morgan fingerprint density at radius 3 is 2.39 bits per heavy atom. The minimum Gasteiger partial charge on any atom is -0.279 e. The van der Waals surface area contributed by atoms with Crippen molar-refractivity contribution in [2.75, 3.05) is 0 Å². The van der Waals surface area contributed by atoms with E-state index in [9.17, 15) is 0 Å². The van der Waals surface area contributed by atoms with Crippen LogP contribution in [0.25, 0.3) is 21.7 Å². The van der Waals surface area contributed by atoms with E-state index in [0.29, 0.717) is 6.54 Å². The van der Waals surface area contributed by atoms with Gasteiger partial charge in [-0.2, -0.15) is 0 Å². The van der Waals surface area contributed by atoms with E-state index in [4.69, 9.17) is 4.99 Å². The maximum Gasteiger partial charge on any atom is 0.0750 e. The van der Waals surface area contributed by atoms with Gasteiger partial charge in [0.25, 0.3) is 0 Å². The fourth-order valence-electron chi connectivity index (χ4n) is 2.85. The summed E-state index contributed by atoms with van der Waals surface area (Å²) in [6.45, 7) is 0.666. The summed E-state index contributed by atoms with van der Waals surface area (Å²) in [6, 6.07) is 27.0. The summed E-state index contributed by atoms with van der Waals surface area (Å²) in [4.78, 5) is 9.43. The van der Waals surface area contributed by atoms with E-state index in [0.717, 1.165) is 21.6 Å². The molecule has 0 saturated heterocycles. The van der Waals surface area contributed by atoms with Crippen LogP contribution in [0.5, 0.6) is 0 Å². The van der Waals surface area contributed by atoms with E-state index >= 15 is 0 Å². The second-order valence-electron chi connectivity index (χ2n) is 5.51. The van der Waals surface area contributed by atoms with Crippen LogP contribution >= 0.6 is 0 Å². The first-order chi connectivity index (χ1) is 11.4. The monoisotopic (exact) mass is 296 g/mol. The molecule has 2 heteroatoms. The molecule has 0 bridgehead atoms. The summed E-state index contributed by atoms with van der Waals surface area (Å²) >= 11 is 0. The zero-order valence-corrected chi connectivity index (χ0v) is 12.7. The number of benzene rings is 2. The second kappa shape index (κ2) is 6.01. The largest absolute Gasteiger partial charge is 0.279 e. The van der Waals surface area contributed by atoms with Gasteiger partial charge in [0.05, 0.1) is 17.4 Å². The lowest BCUT2D eigenvalue weighted by Gasteiger charge is -1.98. The zero-order valence-electron chi connectivity index (χ0n) is 12.7. The molecule has 2 nitrogen and oxygen atoms in total. The molecule has 0 radical (unpaired) electrons. The molecule has 0 aliphatic rings. The first-order valence-electron chi connectivity index (χ1n) is 7.73. The topological polar surface area (TPSA) is 25.2 Å². The first-order valence-corrected chi connectivity index (χ1v) is 7.73. The van der Waals surface area contributed by atoms with Crippen LogP contribution < -0.4 is 5.36 Å². The highest BCUT2D eigenvalue weighted by Crippen LogP contribution is 2.14. The zero-order chi connectivity index (χ0) is 15.5. The molecule has 4 aromatic rings. The Hall–Kier alpha value is -3.00. The van der Waals surface area contributed by atoms with Crippen molar-refractivity contribution in [2.24, 2.45) is 4.99 Å². The number of nitrogens with zero attached hydrogens (tertiary/aromatic N) is 2. The van der Waals surface area contributed by atoms with Crippen LogP contribution in [0.3, 0.4) is 0 Å². The smallest absolute Gasteiger partial charge is 0.0750 e. The van der Waals surface area contributed by atoms with Crippen molar-refractivity contribution in [2.45, 2.75) is 6.54 Å². The molecule has 110 valence electrons. The summed E-state index contributed by atoms with van der Waals surface area (Å²) in [5.74, 6) is 0. The predicted octanol–water partition coefficient (Wildman–Crippen LogP) is 4.49. The normalized spacial score (nSPS) is 11.9. The second-order valence-corrected chi connectivity index (χ2v) is 5.51. The lowest BCUT2D eigenvalue weighted by Crippen LogP contribution is -2.03. The van der Waals surface area contributed by atoms with Gasteiger partial charge in [0, 0.05) is 17.0 Å². The molecule has 1 heterocycles. The molecule has 0 aliphatic carbocycles. The molecule has 0 aliphatic heterocycles. The number of pyridine rings is 1. The van der Waals surface area contributed by atoms with E-state index in [1.807, 2.05) is 30.5 Å².